The highest BCUT2D eigenvalue weighted by molar-refractivity contribution is 7.58. The summed E-state index contributed by atoms with van der Waals surface area (Å²) in [4.78, 5) is 27.4. The molecule has 0 bridgehead atoms. The van der Waals surface area contributed by atoms with E-state index < -0.39 is 13.9 Å². The summed E-state index contributed by atoms with van der Waals surface area (Å²) < 4.78 is 4.13. The third-order valence-corrected chi connectivity index (χ3v) is 0.942. The standard InChI is InChI=1S/C4H8NO4P/c1-3-4(6)5-9-10(2,7)8/h3,7-8H,1H2,2H3/p+1. The van der Waals surface area contributed by atoms with Crippen molar-refractivity contribution in [3.8, 4) is 0 Å². The molecule has 0 atom stereocenters. The molecule has 0 saturated heterocycles. The van der Waals surface area contributed by atoms with Crippen molar-refractivity contribution in [3.63, 3.8) is 0 Å². The van der Waals surface area contributed by atoms with Gasteiger partial charge in [0.2, 0.25) is 0 Å². The number of nitrogens with one attached hydrogen (secondary N) is 1. The number of hydrogen-bond acceptors (Lipinski definition) is 4. The summed E-state index contributed by atoms with van der Waals surface area (Å²) in [5.74, 6) is -0.616. The third-order valence-electron chi connectivity index (χ3n) is 0.505. The van der Waals surface area contributed by atoms with Crippen molar-refractivity contribution >= 4 is 13.9 Å². The van der Waals surface area contributed by atoms with Crippen molar-refractivity contribution in [1.29, 1.82) is 0 Å². The van der Waals surface area contributed by atoms with Crippen LogP contribution in [0.15, 0.2) is 12.7 Å². The largest absolute Gasteiger partial charge is 0.433 e. The van der Waals surface area contributed by atoms with Gasteiger partial charge in [-0.25, -0.2) is 0 Å². The van der Waals surface area contributed by atoms with Crippen molar-refractivity contribution in [2.45, 2.75) is 0 Å². The molecule has 0 unspecified atom stereocenters. The van der Waals surface area contributed by atoms with Crippen LogP contribution in [0.1, 0.15) is 0 Å². The summed E-state index contributed by atoms with van der Waals surface area (Å²) >= 11 is 0. The highest BCUT2D eigenvalue weighted by Crippen LogP contribution is 2.44. The van der Waals surface area contributed by atoms with Gasteiger partial charge in [0, 0.05) is 0 Å². The molecule has 0 heterocycles. The first-order valence-electron chi connectivity index (χ1n) is 2.38. The molecule has 5 nitrogen and oxygen atoms in total. The van der Waals surface area contributed by atoms with Crippen LogP contribution in [-0.2, 0) is 9.42 Å². The van der Waals surface area contributed by atoms with Crippen LogP contribution in [0.4, 0.5) is 0 Å². The molecule has 58 valence electrons. The number of amides is 1. The van der Waals surface area contributed by atoms with E-state index in [-0.39, 0.29) is 0 Å². The third kappa shape index (κ3) is 5.65. The Hall–Kier alpha value is -0.480. The molecule has 0 aromatic carbocycles. The van der Waals surface area contributed by atoms with Crippen molar-refractivity contribution in [3.05, 3.63) is 12.7 Å². The van der Waals surface area contributed by atoms with Crippen molar-refractivity contribution in [2.24, 2.45) is 0 Å². The van der Waals surface area contributed by atoms with Crippen LogP contribution in [0.5, 0.6) is 0 Å². The summed E-state index contributed by atoms with van der Waals surface area (Å²) in [5.41, 5.74) is 1.76. The fraction of sp³-hybridized carbons (Fsp3) is 0.250. The van der Waals surface area contributed by atoms with Gasteiger partial charge in [-0.3, -0.25) is 4.79 Å². The SMILES string of the molecule is C=CC(=O)NO[P+](C)(O)O. The Labute approximate surface area is 58.9 Å². The van der Waals surface area contributed by atoms with E-state index in [2.05, 4.69) is 11.2 Å². The fourth-order valence-corrected chi connectivity index (χ4v) is 0.436. The van der Waals surface area contributed by atoms with Gasteiger partial charge in [0.25, 0.3) is 5.91 Å². The summed E-state index contributed by atoms with van der Waals surface area (Å²) in [6.07, 6.45) is 0.954. The molecule has 0 radical (unpaired) electrons. The van der Waals surface area contributed by atoms with Crippen molar-refractivity contribution in [1.82, 2.24) is 5.48 Å². The molecule has 0 fully saturated rings. The maximum absolute atomic E-state index is 10.3. The summed E-state index contributed by atoms with van der Waals surface area (Å²) in [6, 6.07) is 0. The van der Waals surface area contributed by atoms with Crippen LogP contribution in [0.25, 0.3) is 0 Å². The van der Waals surface area contributed by atoms with E-state index >= 15 is 0 Å². The van der Waals surface area contributed by atoms with Gasteiger partial charge >= 0.3 is 7.94 Å². The Balaban J connectivity index is 3.55. The number of hydrogen-bond donors (Lipinski definition) is 3. The van der Waals surface area contributed by atoms with Gasteiger partial charge < -0.3 is 0 Å². The van der Waals surface area contributed by atoms with E-state index in [0.29, 0.717) is 0 Å². The zero-order valence-corrected chi connectivity index (χ0v) is 6.34. The van der Waals surface area contributed by atoms with Gasteiger partial charge in [-0.15, -0.1) is 0 Å². The Morgan fingerprint density at radius 2 is 2.30 bits per heavy atom. The molecule has 3 N–H and O–H groups in total. The smallest absolute Gasteiger partial charge is 0.268 e. The van der Waals surface area contributed by atoms with E-state index in [4.69, 9.17) is 9.79 Å². The van der Waals surface area contributed by atoms with Crippen LogP contribution in [-0.4, -0.2) is 22.4 Å². The minimum Gasteiger partial charge on any atom is -0.268 e. The molecule has 0 saturated carbocycles. The lowest BCUT2D eigenvalue weighted by molar-refractivity contribution is -0.123. The zero-order chi connectivity index (χ0) is 8.20. The lowest BCUT2D eigenvalue weighted by Gasteiger charge is -2.03. The number of rotatable bonds is 3. The number of carbonyl (C=O) groups excluding carboxylic acids is 1. The Morgan fingerprint density at radius 1 is 1.80 bits per heavy atom. The van der Waals surface area contributed by atoms with Crippen LogP contribution in [0.3, 0.4) is 0 Å². The second-order valence-corrected chi connectivity index (χ2v) is 3.45. The summed E-state index contributed by atoms with van der Waals surface area (Å²) in [7, 11) is -3.36. The van der Waals surface area contributed by atoms with E-state index in [1.165, 1.54) is 0 Å². The number of hydroxylamine groups is 1. The van der Waals surface area contributed by atoms with Crippen molar-refractivity contribution in [2.75, 3.05) is 6.66 Å². The molecule has 0 aromatic rings. The van der Waals surface area contributed by atoms with E-state index in [1.807, 2.05) is 0 Å². The van der Waals surface area contributed by atoms with Crippen LogP contribution in [0, 0.1) is 0 Å². The second kappa shape index (κ2) is 3.63. The van der Waals surface area contributed by atoms with Gasteiger partial charge in [0.1, 0.15) is 6.66 Å². The lowest BCUT2D eigenvalue weighted by Crippen LogP contribution is -2.20. The Bertz CT molecular complexity index is 141. The molecule has 0 aliphatic heterocycles. The minimum absolute atomic E-state index is 0.616. The minimum atomic E-state index is -3.36. The molecule has 1 amide bonds. The summed E-state index contributed by atoms with van der Waals surface area (Å²) in [6.45, 7) is 4.18. The highest BCUT2D eigenvalue weighted by Gasteiger charge is 2.28. The molecule has 0 aliphatic rings. The maximum Gasteiger partial charge on any atom is 0.433 e. The average Bonchev–Trinajstić information content (AvgIpc) is 1.81. The quantitative estimate of drug-likeness (QED) is 0.302. The predicted octanol–water partition coefficient (Wildman–Crippen LogP) is -0.403. The summed E-state index contributed by atoms with van der Waals surface area (Å²) in [5, 5.41) is 0. The molecular formula is C4H9NO4P+. The van der Waals surface area contributed by atoms with Crippen molar-refractivity contribution < 1.29 is 19.2 Å². The van der Waals surface area contributed by atoms with Gasteiger partial charge in [-0.1, -0.05) is 11.2 Å². The van der Waals surface area contributed by atoms with Crippen LogP contribution < -0.4 is 5.48 Å². The van der Waals surface area contributed by atoms with E-state index in [0.717, 1.165) is 12.7 Å². The van der Waals surface area contributed by atoms with Gasteiger partial charge in [-0.05, 0) is 6.08 Å². The average molecular weight is 166 g/mol. The monoisotopic (exact) mass is 166 g/mol. The first-order valence-corrected chi connectivity index (χ1v) is 4.44. The zero-order valence-electron chi connectivity index (χ0n) is 5.44. The molecule has 10 heavy (non-hydrogen) atoms. The number of carbonyl (C=O) groups is 1. The topological polar surface area (TPSA) is 78.8 Å². The Kier molecular flexibility index (Phi) is 3.46. The molecule has 0 spiro atoms. The molecule has 0 aliphatic carbocycles. The van der Waals surface area contributed by atoms with Gasteiger partial charge in [0.15, 0.2) is 0 Å². The molecule has 0 aromatic heterocycles. The van der Waals surface area contributed by atoms with Crippen LogP contribution in [0.2, 0.25) is 0 Å². The van der Waals surface area contributed by atoms with Gasteiger partial charge in [-0.2, -0.15) is 15.3 Å². The normalized spacial score (nSPS) is 10.7. The maximum atomic E-state index is 10.3. The molecule has 0 rings (SSSR count). The predicted molar refractivity (Wildman–Crippen MR) is 36.7 cm³/mol. The fourth-order valence-electron chi connectivity index (χ4n) is 0.173. The molecular weight excluding hydrogens is 157 g/mol. The van der Waals surface area contributed by atoms with Gasteiger partial charge in [0.05, 0.1) is 0 Å². The lowest BCUT2D eigenvalue weighted by atomic mass is 10.6. The van der Waals surface area contributed by atoms with E-state index in [1.54, 1.807) is 5.48 Å². The van der Waals surface area contributed by atoms with Crippen LogP contribution >= 0.6 is 7.94 Å². The van der Waals surface area contributed by atoms with E-state index in [9.17, 15) is 4.79 Å². The first kappa shape index (κ1) is 9.52. The Morgan fingerprint density at radius 3 is 2.60 bits per heavy atom. The second-order valence-electron chi connectivity index (χ2n) is 1.60. The highest BCUT2D eigenvalue weighted by atomic mass is 31.2. The first-order chi connectivity index (χ1) is 4.45. The molecule has 6 heteroatoms.